The molecular weight excluding hydrogens is 294 g/mol. The van der Waals surface area contributed by atoms with E-state index in [2.05, 4.69) is 5.32 Å². The van der Waals surface area contributed by atoms with Gasteiger partial charge >= 0.3 is 0 Å². The van der Waals surface area contributed by atoms with Crippen LogP contribution < -0.4 is 10.5 Å². The highest BCUT2D eigenvalue weighted by Gasteiger charge is 2.17. The van der Waals surface area contributed by atoms with E-state index in [9.17, 15) is 8.42 Å². The Morgan fingerprint density at radius 3 is 2.62 bits per heavy atom. The van der Waals surface area contributed by atoms with Crippen LogP contribution in [0.3, 0.4) is 0 Å². The van der Waals surface area contributed by atoms with Gasteiger partial charge in [-0.15, -0.1) is 0 Å². The van der Waals surface area contributed by atoms with Gasteiger partial charge in [-0.2, -0.15) is 0 Å². The highest BCUT2D eigenvalue weighted by Crippen LogP contribution is 2.18. The summed E-state index contributed by atoms with van der Waals surface area (Å²) in [6.07, 6.45) is 1.64. The molecule has 2 rings (SSSR count). The Balaban J connectivity index is 1.92. The molecule has 0 amide bonds. The Bertz CT molecular complexity index is 661. The van der Waals surface area contributed by atoms with Crippen molar-refractivity contribution in [2.45, 2.75) is 17.7 Å². The first-order chi connectivity index (χ1) is 9.88. The fourth-order valence-corrected chi connectivity index (χ4v) is 2.44. The van der Waals surface area contributed by atoms with Gasteiger partial charge in [0.1, 0.15) is 11.5 Å². The van der Waals surface area contributed by atoms with E-state index >= 15 is 0 Å². The maximum atomic E-state index is 11.1. The summed E-state index contributed by atoms with van der Waals surface area (Å²) in [4.78, 5) is 2.03. The van der Waals surface area contributed by atoms with Crippen LogP contribution in [-0.4, -0.2) is 34.0 Å². The summed E-state index contributed by atoms with van der Waals surface area (Å²) < 4.78 is 32.8. The number of hydrogen-bond acceptors (Lipinski definition) is 6. The number of nitrogens with zero attached hydrogens (tertiary/aromatic N) is 1. The zero-order valence-electron chi connectivity index (χ0n) is 11.9. The summed E-state index contributed by atoms with van der Waals surface area (Å²) in [7, 11) is 0.128. The molecule has 0 saturated heterocycles. The molecule has 8 heteroatoms. The summed E-state index contributed by atoms with van der Waals surface area (Å²) >= 11 is 0. The van der Waals surface area contributed by atoms with E-state index in [4.69, 9.17) is 14.0 Å². The van der Waals surface area contributed by atoms with Crippen molar-refractivity contribution >= 4 is 10.0 Å². The van der Waals surface area contributed by atoms with Crippen LogP contribution in [-0.2, 0) is 16.6 Å². The van der Waals surface area contributed by atoms with Crippen LogP contribution in [0, 0.1) is 0 Å². The lowest BCUT2D eigenvalue weighted by Gasteiger charge is -2.22. The average Bonchev–Trinajstić information content (AvgIpc) is 3.04. The summed E-state index contributed by atoms with van der Waals surface area (Å²) in [6.45, 7) is 1.03. The minimum absolute atomic E-state index is 0.0765. The topological polar surface area (TPSA) is 102 Å². The van der Waals surface area contributed by atoms with E-state index in [-0.39, 0.29) is 11.1 Å². The van der Waals surface area contributed by atoms with Gasteiger partial charge in [-0.25, -0.2) is 13.6 Å². The lowest BCUT2D eigenvalue weighted by Crippen LogP contribution is -2.30. The molecule has 0 aromatic carbocycles. The summed E-state index contributed by atoms with van der Waals surface area (Å²) in [5.74, 6) is 1.37. The lowest BCUT2D eigenvalue weighted by atomic mass is 10.2. The predicted octanol–water partition coefficient (Wildman–Crippen LogP) is 0.912. The van der Waals surface area contributed by atoms with Crippen molar-refractivity contribution in [2.24, 2.45) is 5.14 Å². The molecule has 3 N–H and O–H groups in total. The number of nitrogens with one attached hydrogen (secondary N) is 1. The first kappa shape index (κ1) is 15.8. The smallest absolute Gasteiger partial charge is 0.271 e. The third-order valence-electron chi connectivity index (χ3n) is 3.05. The number of furan rings is 2. The second kappa shape index (κ2) is 6.44. The summed E-state index contributed by atoms with van der Waals surface area (Å²) in [6, 6.07) is 6.77. The second-order valence-electron chi connectivity index (χ2n) is 4.89. The molecule has 0 aliphatic rings. The van der Waals surface area contributed by atoms with Crippen molar-refractivity contribution in [3.63, 3.8) is 0 Å². The number of rotatable bonds is 7. The van der Waals surface area contributed by atoms with Crippen LogP contribution in [0.15, 0.2) is 44.5 Å². The van der Waals surface area contributed by atoms with Gasteiger partial charge in [0.2, 0.25) is 5.09 Å². The average molecular weight is 313 g/mol. The quantitative estimate of drug-likeness (QED) is 0.788. The maximum Gasteiger partial charge on any atom is 0.271 e. The van der Waals surface area contributed by atoms with Crippen molar-refractivity contribution in [3.05, 3.63) is 42.0 Å². The highest BCUT2D eigenvalue weighted by molar-refractivity contribution is 7.89. The lowest BCUT2D eigenvalue weighted by molar-refractivity contribution is 0.247. The van der Waals surface area contributed by atoms with Gasteiger partial charge in [-0.1, -0.05) is 0 Å². The molecule has 0 spiro atoms. The van der Waals surface area contributed by atoms with E-state index in [1.54, 1.807) is 12.3 Å². The number of nitrogens with two attached hydrogens (primary N) is 1. The highest BCUT2D eigenvalue weighted by atomic mass is 32.2. The molecule has 0 saturated carbocycles. The third kappa shape index (κ3) is 4.18. The first-order valence-electron chi connectivity index (χ1n) is 6.40. The van der Waals surface area contributed by atoms with E-state index in [0.29, 0.717) is 18.8 Å². The van der Waals surface area contributed by atoms with E-state index in [0.717, 1.165) is 5.76 Å². The SMILES string of the molecule is CN(C)C(CNCc1ccc(S(N)(=O)=O)o1)c1ccco1. The Morgan fingerprint density at radius 2 is 2.10 bits per heavy atom. The van der Waals surface area contributed by atoms with Gasteiger partial charge in [-0.05, 0) is 38.4 Å². The summed E-state index contributed by atoms with van der Waals surface area (Å²) in [5.41, 5.74) is 0. The molecule has 0 aliphatic carbocycles. The molecule has 1 atom stereocenters. The minimum Gasteiger partial charge on any atom is -0.468 e. The van der Waals surface area contributed by atoms with Crippen LogP contribution in [0.25, 0.3) is 0 Å². The molecule has 0 radical (unpaired) electrons. The minimum atomic E-state index is -3.79. The van der Waals surface area contributed by atoms with Gasteiger partial charge in [0.25, 0.3) is 10.0 Å². The largest absolute Gasteiger partial charge is 0.468 e. The maximum absolute atomic E-state index is 11.1. The molecule has 0 fully saturated rings. The third-order valence-corrected chi connectivity index (χ3v) is 3.83. The Kier molecular flexibility index (Phi) is 4.84. The zero-order chi connectivity index (χ0) is 15.5. The normalized spacial score (nSPS) is 13.7. The van der Waals surface area contributed by atoms with Gasteiger partial charge in [0, 0.05) is 6.54 Å². The van der Waals surface area contributed by atoms with Crippen LogP contribution in [0.4, 0.5) is 0 Å². The number of sulfonamides is 1. The zero-order valence-corrected chi connectivity index (χ0v) is 12.8. The molecule has 116 valence electrons. The molecule has 0 bridgehead atoms. The number of hydrogen-bond donors (Lipinski definition) is 2. The number of primary sulfonamides is 1. The van der Waals surface area contributed by atoms with Gasteiger partial charge < -0.3 is 14.2 Å². The predicted molar refractivity (Wildman–Crippen MR) is 76.9 cm³/mol. The van der Waals surface area contributed by atoms with Gasteiger partial charge in [-0.3, -0.25) is 4.90 Å². The molecular formula is C13H19N3O4S. The van der Waals surface area contributed by atoms with E-state index < -0.39 is 10.0 Å². The molecule has 2 heterocycles. The Morgan fingerprint density at radius 1 is 1.33 bits per heavy atom. The Labute approximate surface area is 123 Å². The van der Waals surface area contributed by atoms with Crippen molar-refractivity contribution in [3.8, 4) is 0 Å². The van der Waals surface area contributed by atoms with Crippen molar-refractivity contribution in [1.82, 2.24) is 10.2 Å². The van der Waals surface area contributed by atoms with E-state index in [1.807, 2.05) is 31.1 Å². The van der Waals surface area contributed by atoms with Crippen molar-refractivity contribution in [2.75, 3.05) is 20.6 Å². The van der Waals surface area contributed by atoms with Crippen LogP contribution in [0.5, 0.6) is 0 Å². The molecule has 7 nitrogen and oxygen atoms in total. The Hall–Kier alpha value is -1.61. The van der Waals surface area contributed by atoms with Crippen LogP contribution >= 0.6 is 0 Å². The molecule has 21 heavy (non-hydrogen) atoms. The molecule has 0 aliphatic heterocycles. The fraction of sp³-hybridized carbons (Fsp3) is 0.385. The molecule has 1 unspecified atom stereocenters. The monoisotopic (exact) mass is 313 g/mol. The second-order valence-corrected chi connectivity index (χ2v) is 6.38. The standard InChI is InChI=1S/C13H19N3O4S/c1-16(2)11(12-4-3-7-19-12)9-15-8-10-5-6-13(20-10)21(14,17)18/h3-7,11,15H,8-9H2,1-2H3,(H2,14,17,18). The fourth-order valence-electron chi connectivity index (χ4n) is 1.96. The van der Waals surface area contributed by atoms with E-state index in [1.165, 1.54) is 6.07 Å². The molecule has 2 aromatic heterocycles. The summed E-state index contributed by atoms with van der Waals surface area (Å²) in [5, 5.41) is 7.97. The van der Waals surface area contributed by atoms with Gasteiger partial charge in [0.05, 0.1) is 18.8 Å². The van der Waals surface area contributed by atoms with Crippen molar-refractivity contribution in [1.29, 1.82) is 0 Å². The van der Waals surface area contributed by atoms with Crippen LogP contribution in [0.2, 0.25) is 0 Å². The van der Waals surface area contributed by atoms with Crippen molar-refractivity contribution < 1.29 is 17.3 Å². The first-order valence-corrected chi connectivity index (χ1v) is 7.94. The van der Waals surface area contributed by atoms with Gasteiger partial charge in [0.15, 0.2) is 0 Å². The number of likely N-dealkylation sites (N-methyl/N-ethyl adjacent to an activating group) is 1. The molecule has 2 aromatic rings. The van der Waals surface area contributed by atoms with Crippen LogP contribution in [0.1, 0.15) is 17.6 Å².